The number of rotatable bonds is 3. The van der Waals surface area contributed by atoms with Crippen molar-refractivity contribution in [2.75, 3.05) is 11.5 Å². The summed E-state index contributed by atoms with van der Waals surface area (Å²) in [5.74, 6) is 1.79. The molecule has 0 aliphatic heterocycles. The van der Waals surface area contributed by atoms with Crippen LogP contribution in [0.3, 0.4) is 0 Å². The lowest BCUT2D eigenvalue weighted by Gasteiger charge is -2.19. The van der Waals surface area contributed by atoms with Crippen LogP contribution in [0.1, 0.15) is 20.8 Å². The van der Waals surface area contributed by atoms with E-state index in [9.17, 15) is 0 Å². The second kappa shape index (κ2) is 4.52. The Hall–Kier alpha value is 0.660. The molecule has 0 aromatic heterocycles. The molecule has 0 saturated heterocycles. The van der Waals surface area contributed by atoms with E-state index in [0.29, 0.717) is 4.75 Å². The van der Waals surface area contributed by atoms with E-state index in [4.69, 9.17) is 5.73 Å². The highest BCUT2D eigenvalue weighted by atomic mass is 32.2. The van der Waals surface area contributed by atoms with Crippen molar-refractivity contribution in [2.24, 2.45) is 5.73 Å². The van der Waals surface area contributed by atoms with Crippen molar-refractivity contribution < 1.29 is 0 Å². The fourth-order valence-corrected chi connectivity index (χ4v) is 1.55. The van der Waals surface area contributed by atoms with Crippen LogP contribution in [0.15, 0.2) is 0 Å². The lowest BCUT2D eigenvalue weighted by atomic mass is 10.3. The third-order valence-electron chi connectivity index (χ3n) is 0.965. The van der Waals surface area contributed by atoms with E-state index in [1.54, 1.807) is 0 Å². The third kappa shape index (κ3) is 6.78. The van der Waals surface area contributed by atoms with Gasteiger partial charge in [0.15, 0.2) is 0 Å². The van der Waals surface area contributed by atoms with Gasteiger partial charge in [-0.25, -0.2) is 0 Å². The zero-order chi connectivity index (χ0) is 8.20. The Bertz CT molecular complexity index is 88.1. The first-order chi connectivity index (χ1) is 4.45. The van der Waals surface area contributed by atoms with Crippen molar-refractivity contribution in [3.63, 3.8) is 0 Å². The van der Waals surface area contributed by atoms with Crippen molar-refractivity contribution in [3.8, 4) is 0 Å². The minimum atomic E-state index is 0.243. The van der Waals surface area contributed by atoms with Crippen LogP contribution in [0.25, 0.3) is 0 Å². The zero-order valence-electron chi connectivity index (χ0n) is 6.92. The molecule has 0 radical (unpaired) electrons. The van der Waals surface area contributed by atoms with E-state index < -0.39 is 0 Å². The van der Waals surface area contributed by atoms with Gasteiger partial charge < -0.3 is 5.73 Å². The number of nitrogens with two attached hydrogens (primary N) is 1. The maximum absolute atomic E-state index is 5.68. The van der Waals surface area contributed by atoms with Crippen molar-refractivity contribution in [1.29, 1.82) is 0 Å². The molecule has 0 bridgehead atoms. The lowest BCUT2D eigenvalue weighted by molar-refractivity contribution is 0.787. The average molecular weight is 179 g/mol. The average Bonchev–Trinajstić information content (AvgIpc) is 1.81. The van der Waals surface area contributed by atoms with Crippen LogP contribution >= 0.6 is 24.4 Å². The van der Waals surface area contributed by atoms with Crippen LogP contribution in [0.2, 0.25) is 0 Å². The SMILES string of the molecule is CC(C)(C)SC[C@H](N)CS. The van der Waals surface area contributed by atoms with Crippen LogP contribution in [0.5, 0.6) is 0 Å². The van der Waals surface area contributed by atoms with Gasteiger partial charge in [0, 0.05) is 22.3 Å². The first-order valence-corrected chi connectivity index (χ1v) is 5.08. The predicted octanol–water partition coefficient (Wildman–Crippen LogP) is 1.78. The van der Waals surface area contributed by atoms with Gasteiger partial charge in [0.25, 0.3) is 0 Å². The topological polar surface area (TPSA) is 26.0 Å². The Morgan fingerprint density at radius 1 is 1.50 bits per heavy atom. The van der Waals surface area contributed by atoms with Crippen LogP contribution in [0.4, 0.5) is 0 Å². The largest absolute Gasteiger partial charge is 0.326 e. The molecule has 0 aromatic rings. The normalized spacial score (nSPS) is 15.3. The quantitative estimate of drug-likeness (QED) is 0.646. The molecule has 0 fully saturated rings. The van der Waals surface area contributed by atoms with E-state index in [1.807, 2.05) is 11.8 Å². The van der Waals surface area contributed by atoms with Gasteiger partial charge in [0.2, 0.25) is 0 Å². The Balaban J connectivity index is 3.36. The summed E-state index contributed by atoms with van der Waals surface area (Å²) in [6, 6.07) is 0.243. The maximum atomic E-state index is 5.68. The highest BCUT2D eigenvalue weighted by molar-refractivity contribution is 8.00. The minimum Gasteiger partial charge on any atom is -0.326 e. The van der Waals surface area contributed by atoms with Crippen molar-refractivity contribution in [1.82, 2.24) is 0 Å². The maximum Gasteiger partial charge on any atom is 0.0219 e. The van der Waals surface area contributed by atoms with Crippen LogP contribution in [-0.2, 0) is 0 Å². The Kier molecular flexibility index (Phi) is 4.82. The van der Waals surface area contributed by atoms with E-state index >= 15 is 0 Å². The summed E-state index contributed by atoms with van der Waals surface area (Å²) in [5.41, 5.74) is 5.68. The second-order valence-electron chi connectivity index (χ2n) is 3.37. The first-order valence-electron chi connectivity index (χ1n) is 3.46. The molecule has 0 aromatic carbocycles. The minimum absolute atomic E-state index is 0.243. The fraction of sp³-hybridized carbons (Fsp3) is 1.00. The summed E-state index contributed by atoms with van der Waals surface area (Å²) < 4.78 is 0.334. The second-order valence-corrected chi connectivity index (χ2v) is 5.58. The number of thiol groups is 1. The Morgan fingerprint density at radius 2 is 2.00 bits per heavy atom. The summed E-state index contributed by atoms with van der Waals surface area (Å²) in [7, 11) is 0. The standard InChI is InChI=1S/C7H17NS2/c1-7(2,3)10-5-6(8)4-9/h6,9H,4-5,8H2,1-3H3/t6-/m1/s1. The van der Waals surface area contributed by atoms with Gasteiger partial charge in [-0.15, -0.1) is 0 Å². The van der Waals surface area contributed by atoms with Gasteiger partial charge in [-0.3, -0.25) is 0 Å². The molecular weight excluding hydrogens is 162 g/mol. The van der Waals surface area contributed by atoms with Gasteiger partial charge in [-0.1, -0.05) is 20.8 Å². The van der Waals surface area contributed by atoms with Crippen LogP contribution in [0, 0.1) is 0 Å². The Morgan fingerprint density at radius 3 is 2.30 bits per heavy atom. The summed E-state index contributed by atoms with van der Waals surface area (Å²) in [5, 5.41) is 0. The molecule has 0 spiro atoms. The van der Waals surface area contributed by atoms with Crippen LogP contribution in [-0.4, -0.2) is 22.3 Å². The van der Waals surface area contributed by atoms with Crippen molar-refractivity contribution in [2.45, 2.75) is 31.6 Å². The van der Waals surface area contributed by atoms with E-state index in [2.05, 4.69) is 33.4 Å². The zero-order valence-corrected chi connectivity index (χ0v) is 8.64. The van der Waals surface area contributed by atoms with Gasteiger partial charge in [0.1, 0.15) is 0 Å². The van der Waals surface area contributed by atoms with Gasteiger partial charge in [-0.05, 0) is 0 Å². The van der Waals surface area contributed by atoms with Gasteiger partial charge in [-0.2, -0.15) is 24.4 Å². The molecule has 1 nitrogen and oxygen atoms in total. The van der Waals surface area contributed by atoms with Gasteiger partial charge >= 0.3 is 0 Å². The molecular formula is C7H17NS2. The van der Waals surface area contributed by atoms with Crippen molar-refractivity contribution in [3.05, 3.63) is 0 Å². The number of hydrogen-bond donors (Lipinski definition) is 2. The summed E-state index contributed by atoms with van der Waals surface area (Å²) in [4.78, 5) is 0. The predicted molar refractivity (Wildman–Crippen MR) is 54.0 cm³/mol. The molecule has 1 atom stereocenters. The smallest absolute Gasteiger partial charge is 0.0219 e. The highest BCUT2D eigenvalue weighted by Gasteiger charge is 2.11. The molecule has 10 heavy (non-hydrogen) atoms. The molecule has 0 heterocycles. The van der Waals surface area contributed by atoms with E-state index in [0.717, 1.165) is 11.5 Å². The summed E-state index contributed by atoms with van der Waals surface area (Å²) in [6.07, 6.45) is 0. The monoisotopic (exact) mass is 179 g/mol. The van der Waals surface area contributed by atoms with E-state index in [1.165, 1.54) is 0 Å². The molecule has 3 heteroatoms. The molecule has 2 N–H and O–H groups in total. The summed E-state index contributed by atoms with van der Waals surface area (Å²) in [6.45, 7) is 6.59. The lowest BCUT2D eigenvalue weighted by Crippen LogP contribution is -2.27. The molecule has 0 aliphatic rings. The Labute approximate surface area is 73.5 Å². The molecule has 0 aliphatic carbocycles. The summed E-state index contributed by atoms with van der Waals surface area (Å²) >= 11 is 6.00. The number of thioether (sulfide) groups is 1. The molecule has 0 saturated carbocycles. The van der Waals surface area contributed by atoms with Crippen LogP contribution < -0.4 is 5.73 Å². The van der Waals surface area contributed by atoms with Crippen molar-refractivity contribution >= 4 is 24.4 Å². The highest BCUT2D eigenvalue weighted by Crippen LogP contribution is 2.23. The third-order valence-corrected chi connectivity index (χ3v) is 2.89. The fourth-order valence-electron chi connectivity index (χ4n) is 0.410. The first kappa shape index (κ1) is 10.7. The van der Waals surface area contributed by atoms with Gasteiger partial charge in [0.05, 0.1) is 0 Å². The number of hydrogen-bond acceptors (Lipinski definition) is 3. The molecule has 0 unspecified atom stereocenters. The molecule has 0 rings (SSSR count). The molecule has 0 amide bonds. The van der Waals surface area contributed by atoms with E-state index in [-0.39, 0.29) is 6.04 Å². The molecule has 62 valence electrons.